The Balaban J connectivity index is 1.68. The molecule has 0 aliphatic carbocycles. The molecule has 0 fully saturated rings. The fourth-order valence-corrected chi connectivity index (χ4v) is 3.70. The Hall–Kier alpha value is -3.08. The Morgan fingerprint density at radius 2 is 1.75 bits per heavy atom. The van der Waals surface area contributed by atoms with Gasteiger partial charge in [-0.05, 0) is 28.7 Å². The van der Waals surface area contributed by atoms with Crippen LogP contribution in [0.5, 0.6) is 11.5 Å². The van der Waals surface area contributed by atoms with Crippen molar-refractivity contribution in [3.8, 4) is 11.5 Å². The quantitative estimate of drug-likeness (QED) is 0.770. The van der Waals surface area contributed by atoms with Crippen LogP contribution in [-0.4, -0.2) is 37.3 Å². The van der Waals surface area contributed by atoms with Crippen molar-refractivity contribution >= 4 is 23.4 Å². The van der Waals surface area contributed by atoms with Crippen molar-refractivity contribution in [3.63, 3.8) is 0 Å². The molecule has 28 heavy (non-hydrogen) atoms. The minimum Gasteiger partial charge on any atom is -0.493 e. The number of ether oxygens (including phenoxy) is 2. The summed E-state index contributed by atoms with van der Waals surface area (Å²) in [6.45, 7) is 4.37. The number of hydrogen-bond acceptors (Lipinski definition) is 4. The number of carbonyl (C=O) groups is 1. The van der Waals surface area contributed by atoms with Gasteiger partial charge in [-0.3, -0.25) is 9.79 Å². The third kappa shape index (κ3) is 3.07. The zero-order valence-corrected chi connectivity index (χ0v) is 16.6. The van der Waals surface area contributed by atoms with Gasteiger partial charge in [-0.15, -0.1) is 0 Å². The fraction of sp³-hybridized carbons (Fsp3) is 0.304. The summed E-state index contributed by atoms with van der Waals surface area (Å²) in [6, 6.07) is 12.0. The van der Waals surface area contributed by atoms with Crippen molar-refractivity contribution in [2.24, 2.45) is 4.99 Å². The minimum atomic E-state index is -0.0864. The van der Waals surface area contributed by atoms with Crippen LogP contribution in [0.1, 0.15) is 47.7 Å². The molecular formula is C23H24N2O3. The standard InChI is InChI=1S/C23H24N2O3/c1-14(2)15-5-7-16(8-6-15)17-9-18-12-24-20-11-22(28-4)21(27-3)10-19(20)23(26)25(18)13-17/h5-8,10-14,18H,9H2,1-4H3/t18-/m0/s1. The molecule has 1 amide bonds. The molecule has 0 saturated heterocycles. The van der Waals surface area contributed by atoms with E-state index in [1.807, 2.05) is 12.4 Å². The van der Waals surface area contributed by atoms with Gasteiger partial charge in [-0.25, -0.2) is 0 Å². The molecule has 2 aliphatic heterocycles. The number of fused-ring (bicyclic) bond motifs is 2. The monoisotopic (exact) mass is 376 g/mol. The first kappa shape index (κ1) is 18.3. The molecular weight excluding hydrogens is 352 g/mol. The van der Waals surface area contributed by atoms with Crippen LogP contribution in [0, 0.1) is 0 Å². The number of rotatable bonds is 4. The smallest absolute Gasteiger partial charge is 0.260 e. The molecule has 2 aliphatic rings. The van der Waals surface area contributed by atoms with E-state index in [0.29, 0.717) is 28.7 Å². The topological polar surface area (TPSA) is 51.1 Å². The van der Waals surface area contributed by atoms with E-state index in [4.69, 9.17) is 9.47 Å². The summed E-state index contributed by atoms with van der Waals surface area (Å²) >= 11 is 0. The first-order chi connectivity index (χ1) is 13.5. The van der Waals surface area contributed by atoms with Crippen molar-refractivity contribution in [2.45, 2.75) is 32.2 Å². The minimum absolute atomic E-state index is 0.0766. The first-order valence-electron chi connectivity index (χ1n) is 9.45. The molecule has 0 radical (unpaired) electrons. The Bertz CT molecular complexity index is 974. The number of amides is 1. The van der Waals surface area contributed by atoms with Gasteiger partial charge in [0.25, 0.3) is 5.91 Å². The lowest BCUT2D eigenvalue weighted by atomic mass is 9.97. The van der Waals surface area contributed by atoms with E-state index in [1.165, 1.54) is 5.56 Å². The van der Waals surface area contributed by atoms with Crippen LogP contribution in [0.3, 0.4) is 0 Å². The molecule has 0 saturated carbocycles. The summed E-state index contributed by atoms with van der Waals surface area (Å²) in [5, 5.41) is 0. The summed E-state index contributed by atoms with van der Waals surface area (Å²) in [7, 11) is 3.14. The molecule has 2 aromatic rings. The lowest BCUT2D eigenvalue weighted by Crippen LogP contribution is -2.32. The lowest BCUT2D eigenvalue weighted by molar-refractivity contribution is 0.0817. The summed E-state index contributed by atoms with van der Waals surface area (Å²) < 4.78 is 10.7. The maximum absolute atomic E-state index is 13.2. The van der Waals surface area contributed by atoms with Gasteiger partial charge in [0.2, 0.25) is 0 Å². The highest BCUT2D eigenvalue weighted by Crippen LogP contribution is 2.39. The van der Waals surface area contributed by atoms with E-state index >= 15 is 0 Å². The first-order valence-corrected chi connectivity index (χ1v) is 9.45. The van der Waals surface area contributed by atoms with E-state index < -0.39 is 0 Å². The van der Waals surface area contributed by atoms with Crippen LogP contribution in [0.4, 0.5) is 5.69 Å². The Morgan fingerprint density at radius 1 is 1.07 bits per heavy atom. The maximum atomic E-state index is 13.2. The zero-order chi connectivity index (χ0) is 19.8. The molecule has 2 heterocycles. The summed E-state index contributed by atoms with van der Waals surface area (Å²) in [6.07, 6.45) is 4.55. The normalized spacial score (nSPS) is 17.9. The van der Waals surface area contributed by atoms with Crippen LogP contribution in [0.2, 0.25) is 0 Å². The number of aliphatic imine (C=N–C) groups is 1. The molecule has 5 heteroatoms. The van der Waals surface area contributed by atoms with Gasteiger partial charge in [-0.2, -0.15) is 0 Å². The van der Waals surface area contributed by atoms with Gasteiger partial charge in [0.05, 0.1) is 31.5 Å². The summed E-state index contributed by atoms with van der Waals surface area (Å²) in [5.41, 5.74) is 4.72. The van der Waals surface area contributed by atoms with Crippen molar-refractivity contribution in [1.29, 1.82) is 0 Å². The number of carbonyl (C=O) groups excluding carboxylic acids is 1. The Labute approximate surface area is 165 Å². The van der Waals surface area contributed by atoms with E-state index in [-0.39, 0.29) is 11.9 Å². The second-order valence-electron chi connectivity index (χ2n) is 7.42. The maximum Gasteiger partial charge on any atom is 0.260 e. The number of hydrogen-bond donors (Lipinski definition) is 0. The molecule has 0 N–H and O–H groups in total. The van der Waals surface area contributed by atoms with Crippen LogP contribution in [-0.2, 0) is 0 Å². The number of nitrogens with zero attached hydrogens (tertiary/aromatic N) is 2. The summed E-state index contributed by atoms with van der Waals surface area (Å²) in [4.78, 5) is 19.6. The third-order valence-electron chi connectivity index (χ3n) is 5.38. The second kappa shape index (κ2) is 7.15. The number of methoxy groups -OCH3 is 2. The third-order valence-corrected chi connectivity index (χ3v) is 5.38. The molecule has 5 nitrogen and oxygen atoms in total. The van der Waals surface area contributed by atoms with Gasteiger partial charge < -0.3 is 14.4 Å². The molecule has 4 rings (SSSR count). The zero-order valence-electron chi connectivity index (χ0n) is 16.6. The predicted molar refractivity (Wildman–Crippen MR) is 111 cm³/mol. The molecule has 0 unspecified atom stereocenters. The Kier molecular flexibility index (Phi) is 4.67. The highest BCUT2D eigenvalue weighted by atomic mass is 16.5. The summed E-state index contributed by atoms with van der Waals surface area (Å²) in [5.74, 6) is 1.51. The van der Waals surface area contributed by atoms with E-state index in [2.05, 4.69) is 43.1 Å². The van der Waals surface area contributed by atoms with Gasteiger partial charge >= 0.3 is 0 Å². The van der Waals surface area contributed by atoms with E-state index in [0.717, 1.165) is 17.6 Å². The van der Waals surface area contributed by atoms with Crippen molar-refractivity contribution < 1.29 is 14.3 Å². The molecule has 144 valence electrons. The average molecular weight is 376 g/mol. The van der Waals surface area contributed by atoms with E-state index in [9.17, 15) is 4.79 Å². The lowest BCUT2D eigenvalue weighted by Gasteiger charge is -2.18. The van der Waals surface area contributed by atoms with E-state index in [1.54, 1.807) is 31.3 Å². The highest BCUT2D eigenvalue weighted by molar-refractivity contribution is 6.05. The van der Waals surface area contributed by atoms with Crippen molar-refractivity contribution in [3.05, 3.63) is 59.3 Å². The van der Waals surface area contributed by atoms with Crippen molar-refractivity contribution in [2.75, 3.05) is 14.2 Å². The van der Waals surface area contributed by atoms with Crippen molar-refractivity contribution in [1.82, 2.24) is 4.90 Å². The highest BCUT2D eigenvalue weighted by Gasteiger charge is 2.33. The van der Waals surface area contributed by atoms with Gasteiger partial charge in [-0.1, -0.05) is 38.1 Å². The molecule has 0 aromatic heterocycles. The van der Waals surface area contributed by atoms with Gasteiger partial charge in [0, 0.05) is 24.9 Å². The fourth-order valence-electron chi connectivity index (χ4n) is 3.70. The molecule has 1 atom stereocenters. The van der Waals surface area contributed by atoms with Crippen LogP contribution in [0.15, 0.2) is 47.6 Å². The average Bonchev–Trinajstić information content (AvgIpc) is 3.10. The van der Waals surface area contributed by atoms with Crippen LogP contribution >= 0.6 is 0 Å². The molecule has 2 aromatic carbocycles. The number of benzene rings is 2. The van der Waals surface area contributed by atoms with Gasteiger partial charge in [0.1, 0.15) is 0 Å². The SMILES string of the molecule is COc1cc2c(cc1OC)C(=O)N1C=C(c3ccc(C(C)C)cc3)C[C@H]1C=N2. The largest absolute Gasteiger partial charge is 0.493 e. The van der Waals surface area contributed by atoms with Crippen LogP contribution < -0.4 is 9.47 Å². The van der Waals surface area contributed by atoms with Gasteiger partial charge in [0.15, 0.2) is 11.5 Å². The second-order valence-corrected chi connectivity index (χ2v) is 7.42. The van der Waals surface area contributed by atoms with Crippen LogP contribution in [0.25, 0.3) is 5.57 Å². The molecule has 0 spiro atoms. The Morgan fingerprint density at radius 3 is 2.39 bits per heavy atom. The molecule has 0 bridgehead atoms. The predicted octanol–water partition coefficient (Wildman–Crippen LogP) is 4.80.